The Balaban J connectivity index is 1.67. The van der Waals surface area contributed by atoms with Crippen molar-refractivity contribution in [2.24, 2.45) is 0 Å². The lowest BCUT2D eigenvalue weighted by atomic mass is 10.1. The molecule has 3 aromatic heterocycles. The molecule has 0 aliphatic carbocycles. The van der Waals surface area contributed by atoms with Gasteiger partial charge in [-0.25, -0.2) is 13.9 Å². The van der Waals surface area contributed by atoms with Crippen molar-refractivity contribution in [1.29, 1.82) is 0 Å². The van der Waals surface area contributed by atoms with E-state index in [1.165, 1.54) is 30.1 Å². The first-order chi connectivity index (χ1) is 15.2. The molecule has 32 heavy (non-hydrogen) atoms. The fourth-order valence-electron chi connectivity index (χ4n) is 3.17. The van der Waals surface area contributed by atoms with E-state index in [1.807, 2.05) is 12.1 Å². The zero-order valence-corrected chi connectivity index (χ0v) is 16.8. The van der Waals surface area contributed by atoms with Crippen LogP contribution < -0.4 is 0 Å². The average Bonchev–Trinajstić information content (AvgIpc) is 3.21. The summed E-state index contributed by atoms with van der Waals surface area (Å²) in [5.74, 6) is -1.06. The maximum absolute atomic E-state index is 13.7. The van der Waals surface area contributed by atoms with Crippen molar-refractivity contribution in [3.8, 4) is 11.3 Å². The first kappa shape index (κ1) is 21.4. The highest BCUT2D eigenvalue weighted by Gasteiger charge is 2.35. The molecule has 0 saturated heterocycles. The van der Waals surface area contributed by atoms with Gasteiger partial charge in [0.25, 0.3) is 5.91 Å². The fourth-order valence-corrected chi connectivity index (χ4v) is 3.17. The molecule has 1 aromatic carbocycles. The zero-order valence-electron chi connectivity index (χ0n) is 16.8. The Hall–Kier alpha value is -3.82. The van der Waals surface area contributed by atoms with Crippen LogP contribution in [0.3, 0.4) is 0 Å². The number of amides is 1. The first-order valence-electron chi connectivity index (χ1n) is 9.62. The van der Waals surface area contributed by atoms with E-state index < -0.39 is 23.6 Å². The summed E-state index contributed by atoms with van der Waals surface area (Å²) < 4.78 is 54.9. The predicted molar refractivity (Wildman–Crippen MR) is 108 cm³/mol. The molecule has 0 saturated carbocycles. The van der Waals surface area contributed by atoms with Gasteiger partial charge in [-0.15, -0.1) is 0 Å². The molecule has 164 valence electrons. The number of likely N-dealkylation sites (N-methyl/N-ethyl adjacent to an activating group) is 1. The van der Waals surface area contributed by atoms with Gasteiger partial charge in [0.05, 0.1) is 5.69 Å². The smallest absolute Gasteiger partial charge is 0.340 e. The third-order valence-corrected chi connectivity index (χ3v) is 4.85. The minimum Gasteiger partial charge on any atom is -0.340 e. The molecule has 6 nitrogen and oxygen atoms in total. The molecule has 4 rings (SSSR count). The van der Waals surface area contributed by atoms with E-state index in [1.54, 1.807) is 12.3 Å². The van der Waals surface area contributed by atoms with Crippen LogP contribution in [0.25, 0.3) is 16.9 Å². The van der Waals surface area contributed by atoms with Crippen LogP contribution in [0.15, 0.2) is 60.8 Å². The van der Waals surface area contributed by atoms with Gasteiger partial charge in [0.15, 0.2) is 17.0 Å². The topological polar surface area (TPSA) is 63.4 Å². The van der Waals surface area contributed by atoms with Crippen molar-refractivity contribution in [1.82, 2.24) is 24.5 Å². The number of aromatic nitrogens is 4. The van der Waals surface area contributed by atoms with Crippen LogP contribution in [0.5, 0.6) is 0 Å². The number of carbonyl (C=O) groups is 1. The molecule has 0 unspecified atom stereocenters. The van der Waals surface area contributed by atoms with Gasteiger partial charge in [0.2, 0.25) is 0 Å². The molecule has 4 aromatic rings. The van der Waals surface area contributed by atoms with E-state index in [0.29, 0.717) is 23.0 Å². The minimum atomic E-state index is -4.74. The third-order valence-electron chi connectivity index (χ3n) is 4.85. The summed E-state index contributed by atoms with van der Waals surface area (Å²) in [4.78, 5) is 22.5. The molecule has 0 spiro atoms. The Morgan fingerprint density at radius 2 is 1.84 bits per heavy atom. The lowest BCUT2D eigenvalue weighted by Gasteiger charge is -2.15. The van der Waals surface area contributed by atoms with Crippen LogP contribution in [0.4, 0.5) is 17.6 Å². The highest BCUT2D eigenvalue weighted by Crippen LogP contribution is 2.32. The van der Waals surface area contributed by atoms with E-state index in [9.17, 15) is 22.4 Å². The standard InChI is InChI=1S/C22H17F4N5O/c1-30(11-9-16-4-2-3-10-27-16)21(32)18-13-20-28-17(14-5-7-15(23)8-6-14)12-19(22(24,25)26)31(20)29-18/h2-8,10,12-13H,9,11H2,1H3. The number of halogens is 4. The number of nitrogens with zero attached hydrogens (tertiary/aromatic N) is 5. The van der Waals surface area contributed by atoms with Crippen LogP contribution >= 0.6 is 0 Å². The van der Waals surface area contributed by atoms with E-state index >= 15 is 0 Å². The zero-order chi connectivity index (χ0) is 22.9. The number of carbonyl (C=O) groups excluding carboxylic acids is 1. The Bertz CT molecular complexity index is 1250. The monoisotopic (exact) mass is 443 g/mol. The summed E-state index contributed by atoms with van der Waals surface area (Å²) in [7, 11) is 1.54. The van der Waals surface area contributed by atoms with Crippen LogP contribution in [0.1, 0.15) is 21.9 Å². The summed E-state index contributed by atoms with van der Waals surface area (Å²) in [6.45, 7) is 0.310. The molecule has 0 aliphatic rings. The Kier molecular flexibility index (Phi) is 5.60. The molecule has 1 amide bonds. The van der Waals surface area contributed by atoms with Gasteiger partial charge in [-0.05, 0) is 42.5 Å². The van der Waals surface area contributed by atoms with E-state index in [2.05, 4.69) is 15.1 Å². The molecule has 0 bridgehead atoms. The minimum absolute atomic E-state index is 0.00719. The van der Waals surface area contributed by atoms with Crippen LogP contribution in [-0.4, -0.2) is 44.0 Å². The highest BCUT2D eigenvalue weighted by atomic mass is 19.4. The lowest BCUT2D eigenvalue weighted by Crippen LogP contribution is -2.29. The fraction of sp³-hybridized carbons (Fsp3) is 0.182. The molecule has 0 radical (unpaired) electrons. The van der Waals surface area contributed by atoms with Crippen molar-refractivity contribution in [3.05, 3.63) is 83.7 Å². The Labute approximate surface area is 180 Å². The van der Waals surface area contributed by atoms with Gasteiger partial charge in [-0.2, -0.15) is 18.3 Å². The Morgan fingerprint density at radius 1 is 1.09 bits per heavy atom. The summed E-state index contributed by atoms with van der Waals surface area (Å²) in [5.41, 5.74) is -0.305. The lowest BCUT2D eigenvalue weighted by molar-refractivity contribution is -0.142. The van der Waals surface area contributed by atoms with Crippen molar-refractivity contribution < 1.29 is 22.4 Å². The van der Waals surface area contributed by atoms with E-state index in [0.717, 1.165) is 23.9 Å². The predicted octanol–water partition coefficient (Wildman–Crippen LogP) is 4.26. The van der Waals surface area contributed by atoms with Gasteiger partial charge in [-0.3, -0.25) is 9.78 Å². The summed E-state index contributed by atoms with van der Waals surface area (Å²) in [5, 5.41) is 3.87. The molecular weight excluding hydrogens is 426 g/mol. The van der Waals surface area contributed by atoms with Crippen molar-refractivity contribution in [3.63, 3.8) is 0 Å². The van der Waals surface area contributed by atoms with Gasteiger partial charge in [0, 0.05) is 43.5 Å². The number of benzene rings is 1. The number of rotatable bonds is 5. The molecular formula is C22H17F4N5O. The quantitative estimate of drug-likeness (QED) is 0.433. The van der Waals surface area contributed by atoms with Crippen LogP contribution in [0, 0.1) is 5.82 Å². The largest absolute Gasteiger partial charge is 0.433 e. The van der Waals surface area contributed by atoms with Crippen LogP contribution in [-0.2, 0) is 12.6 Å². The second kappa shape index (κ2) is 8.37. The summed E-state index contributed by atoms with van der Waals surface area (Å²) >= 11 is 0. The second-order valence-corrected chi connectivity index (χ2v) is 7.13. The van der Waals surface area contributed by atoms with Crippen LogP contribution in [0.2, 0.25) is 0 Å². The number of pyridine rings is 1. The normalized spacial score (nSPS) is 11.7. The number of hydrogen-bond donors (Lipinski definition) is 0. The second-order valence-electron chi connectivity index (χ2n) is 7.13. The van der Waals surface area contributed by atoms with E-state index in [4.69, 9.17) is 0 Å². The number of fused-ring (bicyclic) bond motifs is 1. The maximum atomic E-state index is 13.7. The molecule has 3 heterocycles. The average molecular weight is 443 g/mol. The van der Waals surface area contributed by atoms with Crippen molar-refractivity contribution >= 4 is 11.6 Å². The third kappa shape index (κ3) is 4.43. The molecule has 10 heteroatoms. The van der Waals surface area contributed by atoms with Gasteiger partial charge < -0.3 is 4.90 Å². The SMILES string of the molecule is CN(CCc1ccccn1)C(=O)c1cc2nc(-c3ccc(F)cc3)cc(C(F)(F)F)n2n1. The van der Waals surface area contributed by atoms with E-state index in [-0.39, 0.29) is 17.0 Å². The van der Waals surface area contributed by atoms with Gasteiger partial charge in [-0.1, -0.05) is 6.07 Å². The molecule has 0 aliphatic heterocycles. The van der Waals surface area contributed by atoms with Gasteiger partial charge >= 0.3 is 6.18 Å². The number of hydrogen-bond acceptors (Lipinski definition) is 4. The molecule has 0 fully saturated rings. The summed E-state index contributed by atoms with van der Waals surface area (Å²) in [6.07, 6.45) is -2.62. The number of alkyl halides is 3. The maximum Gasteiger partial charge on any atom is 0.433 e. The Morgan fingerprint density at radius 3 is 2.50 bits per heavy atom. The van der Waals surface area contributed by atoms with Crippen molar-refractivity contribution in [2.45, 2.75) is 12.6 Å². The summed E-state index contributed by atoms with van der Waals surface area (Å²) in [6, 6.07) is 12.4. The highest BCUT2D eigenvalue weighted by molar-refractivity contribution is 5.93. The van der Waals surface area contributed by atoms with Crippen molar-refractivity contribution in [2.75, 3.05) is 13.6 Å². The van der Waals surface area contributed by atoms with Gasteiger partial charge in [0.1, 0.15) is 5.82 Å². The molecule has 0 N–H and O–H groups in total. The molecule has 0 atom stereocenters. The first-order valence-corrected chi connectivity index (χ1v) is 9.62.